The fraction of sp³-hybridized carbons (Fsp3) is 0.857. The Morgan fingerprint density at radius 2 is 1.44 bits per heavy atom. The van der Waals surface area contributed by atoms with Gasteiger partial charge in [0.15, 0.2) is 0 Å². The molecular formula is C14H30OSi. The summed E-state index contributed by atoms with van der Waals surface area (Å²) < 4.78 is 5.84. The molecule has 0 fully saturated rings. The van der Waals surface area contributed by atoms with Crippen molar-refractivity contribution in [1.29, 1.82) is 0 Å². The third-order valence-corrected chi connectivity index (χ3v) is 4.89. The molecule has 0 N–H and O–H groups in total. The molecule has 0 amide bonds. The van der Waals surface area contributed by atoms with Gasteiger partial charge in [0.05, 0.1) is 0 Å². The van der Waals surface area contributed by atoms with E-state index in [1.165, 1.54) is 51.4 Å². The predicted octanol–water partition coefficient (Wildman–Crippen LogP) is 5.07. The van der Waals surface area contributed by atoms with Crippen molar-refractivity contribution in [3.63, 3.8) is 0 Å². The van der Waals surface area contributed by atoms with Crippen LogP contribution in [0.25, 0.3) is 0 Å². The lowest BCUT2D eigenvalue weighted by molar-refractivity contribution is 0.301. The van der Waals surface area contributed by atoms with Gasteiger partial charge < -0.3 is 4.43 Å². The van der Waals surface area contributed by atoms with Crippen LogP contribution in [0.1, 0.15) is 58.3 Å². The lowest BCUT2D eigenvalue weighted by Gasteiger charge is -2.17. The Bertz CT molecular complexity index is 166. The lowest BCUT2D eigenvalue weighted by atomic mass is 10.1. The summed E-state index contributed by atoms with van der Waals surface area (Å²) in [6, 6.07) is 0. The van der Waals surface area contributed by atoms with Crippen molar-refractivity contribution in [2.24, 2.45) is 0 Å². The average Bonchev–Trinajstić information content (AvgIpc) is 2.27. The third kappa shape index (κ3) is 10.4. The topological polar surface area (TPSA) is 9.23 Å². The minimum Gasteiger partial charge on any atom is -0.414 e. The van der Waals surface area contributed by atoms with Crippen LogP contribution in [0.3, 0.4) is 0 Å². The molecule has 0 saturated carbocycles. The molecule has 0 aliphatic rings. The quantitative estimate of drug-likeness (QED) is 0.363. The summed E-state index contributed by atoms with van der Waals surface area (Å²) in [5.41, 5.74) is 2.01. The largest absolute Gasteiger partial charge is 0.414 e. The fourth-order valence-corrected chi connectivity index (χ4v) is 2.42. The Hall–Kier alpha value is -0.0831. The summed E-state index contributed by atoms with van der Waals surface area (Å²) in [6.07, 6.45) is 10.9. The molecule has 16 heavy (non-hydrogen) atoms. The monoisotopic (exact) mass is 242 g/mol. The summed E-state index contributed by atoms with van der Waals surface area (Å²) in [5.74, 6) is 0. The Labute approximate surface area is 103 Å². The summed E-state index contributed by atoms with van der Waals surface area (Å²) in [6.45, 7) is 11.4. The van der Waals surface area contributed by atoms with E-state index in [0.717, 1.165) is 6.61 Å². The molecule has 96 valence electrons. The molecule has 2 heteroatoms. The zero-order valence-corrected chi connectivity index (χ0v) is 12.6. The van der Waals surface area contributed by atoms with E-state index in [4.69, 9.17) is 4.43 Å². The van der Waals surface area contributed by atoms with Crippen molar-refractivity contribution in [2.45, 2.75) is 71.4 Å². The summed E-state index contributed by atoms with van der Waals surface area (Å²) in [4.78, 5) is 0. The average molecular weight is 242 g/mol. The lowest BCUT2D eigenvalue weighted by Crippen LogP contribution is -2.27. The molecule has 0 aromatic carbocycles. The van der Waals surface area contributed by atoms with Gasteiger partial charge in [-0.1, -0.05) is 57.6 Å². The van der Waals surface area contributed by atoms with Gasteiger partial charge in [-0.25, -0.2) is 0 Å². The second kappa shape index (κ2) is 10.1. The van der Waals surface area contributed by atoms with Crippen LogP contribution >= 0.6 is 0 Å². The maximum atomic E-state index is 5.84. The van der Waals surface area contributed by atoms with Crippen LogP contribution in [-0.4, -0.2) is 14.9 Å². The molecule has 0 spiro atoms. The minimum absolute atomic E-state index is 0.931. The highest BCUT2D eigenvalue weighted by Gasteiger charge is 2.16. The van der Waals surface area contributed by atoms with E-state index in [2.05, 4.69) is 26.6 Å². The first kappa shape index (κ1) is 15.9. The number of hydrogen-bond donors (Lipinski definition) is 0. The van der Waals surface area contributed by atoms with Crippen LogP contribution in [-0.2, 0) is 4.43 Å². The molecular weight excluding hydrogens is 212 g/mol. The number of hydrogen-bond acceptors (Lipinski definition) is 1. The van der Waals surface area contributed by atoms with Crippen LogP contribution in [0.5, 0.6) is 0 Å². The van der Waals surface area contributed by atoms with E-state index >= 15 is 0 Å². The third-order valence-electron chi connectivity index (χ3n) is 2.96. The molecule has 1 nitrogen and oxygen atoms in total. The van der Waals surface area contributed by atoms with Crippen molar-refractivity contribution in [3.05, 3.63) is 12.3 Å². The summed E-state index contributed by atoms with van der Waals surface area (Å²) >= 11 is 0. The SMILES string of the molecule is C=C[Si](C)(C)OCCCCCCCCCC. The van der Waals surface area contributed by atoms with Crippen LogP contribution in [0.4, 0.5) is 0 Å². The van der Waals surface area contributed by atoms with Crippen molar-refractivity contribution in [3.8, 4) is 0 Å². The van der Waals surface area contributed by atoms with E-state index in [9.17, 15) is 0 Å². The van der Waals surface area contributed by atoms with Crippen LogP contribution in [0.15, 0.2) is 12.3 Å². The zero-order chi connectivity index (χ0) is 12.3. The second-order valence-electron chi connectivity index (χ2n) is 5.13. The maximum absolute atomic E-state index is 5.84. The molecule has 0 aliphatic heterocycles. The molecule has 0 aliphatic carbocycles. The van der Waals surface area contributed by atoms with Crippen LogP contribution < -0.4 is 0 Å². The molecule has 0 aromatic rings. The Morgan fingerprint density at radius 3 is 1.94 bits per heavy atom. The first-order valence-corrected chi connectivity index (χ1v) is 9.88. The first-order valence-electron chi connectivity index (χ1n) is 6.90. The standard InChI is InChI=1S/C14H30OSi/c1-5-7-8-9-10-11-12-13-14-15-16(3,4)6-2/h6H,2,5,7-14H2,1,3-4H3. The summed E-state index contributed by atoms with van der Waals surface area (Å²) in [7, 11) is -1.50. The molecule has 0 saturated heterocycles. The van der Waals surface area contributed by atoms with Crippen molar-refractivity contribution in [1.82, 2.24) is 0 Å². The number of unbranched alkanes of at least 4 members (excludes halogenated alkanes) is 7. The van der Waals surface area contributed by atoms with E-state index in [0.29, 0.717) is 0 Å². The molecule has 0 unspecified atom stereocenters. The molecule has 0 rings (SSSR count). The van der Waals surface area contributed by atoms with Crippen molar-refractivity contribution in [2.75, 3.05) is 6.61 Å². The molecule has 0 atom stereocenters. The van der Waals surface area contributed by atoms with Gasteiger partial charge in [-0.15, -0.1) is 6.58 Å². The predicted molar refractivity (Wildman–Crippen MR) is 76.2 cm³/mol. The van der Waals surface area contributed by atoms with E-state index in [1.807, 2.05) is 5.70 Å². The fourth-order valence-electron chi connectivity index (χ4n) is 1.63. The van der Waals surface area contributed by atoms with Crippen LogP contribution in [0, 0.1) is 0 Å². The number of rotatable bonds is 11. The van der Waals surface area contributed by atoms with E-state index < -0.39 is 8.32 Å². The molecule has 0 heterocycles. The van der Waals surface area contributed by atoms with Crippen LogP contribution in [0.2, 0.25) is 13.1 Å². The van der Waals surface area contributed by atoms with Gasteiger partial charge in [-0.3, -0.25) is 0 Å². The van der Waals surface area contributed by atoms with Gasteiger partial charge in [0.2, 0.25) is 8.32 Å². The van der Waals surface area contributed by atoms with E-state index in [-0.39, 0.29) is 0 Å². The first-order chi connectivity index (χ1) is 7.62. The Kier molecular flexibility index (Phi) is 10.0. The second-order valence-corrected chi connectivity index (χ2v) is 9.03. The Balaban J connectivity index is 3.13. The normalized spacial score (nSPS) is 11.7. The van der Waals surface area contributed by atoms with Gasteiger partial charge >= 0.3 is 0 Å². The zero-order valence-electron chi connectivity index (χ0n) is 11.6. The van der Waals surface area contributed by atoms with Gasteiger partial charge in [0.25, 0.3) is 0 Å². The van der Waals surface area contributed by atoms with Crippen molar-refractivity contribution >= 4 is 8.32 Å². The van der Waals surface area contributed by atoms with Gasteiger partial charge in [-0.05, 0) is 19.5 Å². The minimum atomic E-state index is -1.50. The van der Waals surface area contributed by atoms with E-state index in [1.54, 1.807) is 0 Å². The highest BCUT2D eigenvalue weighted by Crippen LogP contribution is 2.10. The maximum Gasteiger partial charge on any atom is 0.210 e. The molecule has 0 radical (unpaired) electrons. The smallest absolute Gasteiger partial charge is 0.210 e. The Morgan fingerprint density at radius 1 is 0.938 bits per heavy atom. The van der Waals surface area contributed by atoms with Gasteiger partial charge in [0, 0.05) is 6.61 Å². The highest BCUT2D eigenvalue weighted by molar-refractivity contribution is 6.76. The van der Waals surface area contributed by atoms with Gasteiger partial charge in [0.1, 0.15) is 0 Å². The molecule has 0 aromatic heterocycles. The van der Waals surface area contributed by atoms with Gasteiger partial charge in [-0.2, -0.15) is 0 Å². The highest BCUT2D eigenvalue weighted by atomic mass is 28.4. The summed E-state index contributed by atoms with van der Waals surface area (Å²) in [5, 5.41) is 0. The molecule has 0 bridgehead atoms. The van der Waals surface area contributed by atoms with Crippen molar-refractivity contribution < 1.29 is 4.43 Å².